The molecule has 2 aromatic carbocycles. The number of aromatic nitrogens is 3. The lowest BCUT2D eigenvalue weighted by molar-refractivity contribution is 0.0563. The SMILES string of the molecule is COC(=O)c1ccc(CSc2nnc(Cc3ccccc3)n2-c2ccccc2)o1. The monoisotopic (exact) mass is 405 g/mol. The van der Waals surface area contributed by atoms with Crippen LogP contribution in [0.3, 0.4) is 0 Å². The van der Waals surface area contributed by atoms with E-state index >= 15 is 0 Å². The third-order valence-electron chi connectivity index (χ3n) is 4.31. The highest BCUT2D eigenvalue weighted by Crippen LogP contribution is 2.27. The molecule has 0 aliphatic rings. The summed E-state index contributed by atoms with van der Waals surface area (Å²) in [5, 5.41) is 9.60. The summed E-state index contributed by atoms with van der Waals surface area (Å²) in [6, 6.07) is 23.6. The van der Waals surface area contributed by atoms with E-state index in [1.807, 2.05) is 48.5 Å². The van der Waals surface area contributed by atoms with Gasteiger partial charge in [0.2, 0.25) is 5.76 Å². The molecule has 0 spiro atoms. The first-order chi connectivity index (χ1) is 14.2. The summed E-state index contributed by atoms with van der Waals surface area (Å²) in [4.78, 5) is 11.6. The molecule has 0 atom stereocenters. The summed E-state index contributed by atoms with van der Waals surface area (Å²) in [6.07, 6.45) is 0.677. The Balaban J connectivity index is 1.59. The van der Waals surface area contributed by atoms with Gasteiger partial charge in [-0.2, -0.15) is 0 Å². The Morgan fingerprint density at radius 2 is 1.72 bits per heavy atom. The molecule has 0 amide bonds. The number of hydrogen-bond acceptors (Lipinski definition) is 6. The Kier molecular flexibility index (Phi) is 5.76. The second-order valence-corrected chi connectivity index (χ2v) is 7.22. The number of para-hydroxylation sites is 1. The van der Waals surface area contributed by atoms with Gasteiger partial charge in [0.05, 0.1) is 12.9 Å². The van der Waals surface area contributed by atoms with Crippen molar-refractivity contribution in [3.8, 4) is 5.69 Å². The molecule has 146 valence electrons. The zero-order valence-corrected chi connectivity index (χ0v) is 16.6. The zero-order valence-electron chi connectivity index (χ0n) is 15.8. The molecule has 0 aliphatic heterocycles. The minimum absolute atomic E-state index is 0.192. The van der Waals surface area contributed by atoms with Crippen molar-refractivity contribution in [3.05, 3.63) is 95.7 Å². The van der Waals surface area contributed by atoms with Crippen LogP contribution in [0, 0.1) is 0 Å². The molecule has 7 heteroatoms. The Morgan fingerprint density at radius 1 is 1.00 bits per heavy atom. The Hall–Kier alpha value is -3.32. The van der Waals surface area contributed by atoms with E-state index < -0.39 is 5.97 Å². The maximum absolute atomic E-state index is 11.6. The average molecular weight is 405 g/mol. The molecule has 0 N–H and O–H groups in total. The molecule has 2 aromatic heterocycles. The van der Waals surface area contributed by atoms with Crippen LogP contribution in [0.5, 0.6) is 0 Å². The third kappa shape index (κ3) is 4.41. The van der Waals surface area contributed by atoms with Crippen LogP contribution in [0.15, 0.2) is 82.4 Å². The highest BCUT2D eigenvalue weighted by Gasteiger charge is 2.17. The predicted octanol–water partition coefficient (Wildman–Crippen LogP) is 4.53. The van der Waals surface area contributed by atoms with E-state index in [2.05, 4.69) is 31.6 Å². The second kappa shape index (κ2) is 8.79. The first kappa shape index (κ1) is 19.0. The number of thioether (sulfide) groups is 1. The van der Waals surface area contributed by atoms with Crippen molar-refractivity contribution < 1.29 is 13.9 Å². The predicted molar refractivity (Wildman–Crippen MR) is 110 cm³/mol. The molecule has 29 heavy (non-hydrogen) atoms. The topological polar surface area (TPSA) is 70.2 Å². The number of carbonyl (C=O) groups is 1. The van der Waals surface area contributed by atoms with Gasteiger partial charge in [-0.3, -0.25) is 4.57 Å². The van der Waals surface area contributed by atoms with Crippen LogP contribution in [0.1, 0.15) is 27.7 Å². The van der Waals surface area contributed by atoms with Gasteiger partial charge < -0.3 is 9.15 Å². The van der Waals surface area contributed by atoms with Crippen molar-refractivity contribution in [2.45, 2.75) is 17.3 Å². The van der Waals surface area contributed by atoms with Crippen LogP contribution in [0.25, 0.3) is 5.69 Å². The van der Waals surface area contributed by atoms with Gasteiger partial charge in [-0.25, -0.2) is 4.79 Å². The summed E-state index contributed by atoms with van der Waals surface area (Å²) in [7, 11) is 1.33. The van der Waals surface area contributed by atoms with E-state index in [4.69, 9.17) is 4.42 Å². The number of carbonyl (C=O) groups excluding carboxylic acids is 1. The molecular weight excluding hydrogens is 386 g/mol. The van der Waals surface area contributed by atoms with Gasteiger partial charge in [-0.15, -0.1) is 10.2 Å². The zero-order chi connectivity index (χ0) is 20.1. The number of furan rings is 1. The van der Waals surface area contributed by atoms with Crippen LogP contribution in [0.4, 0.5) is 0 Å². The highest BCUT2D eigenvalue weighted by atomic mass is 32.2. The molecule has 0 radical (unpaired) electrons. The molecule has 0 aliphatic carbocycles. The van der Waals surface area contributed by atoms with Crippen LogP contribution in [0.2, 0.25) is 0 Å². The van der Waals surface area contributed by atoms with E-state index in [1.165, 1.54) is 24.4 Å². The lowest BCUT2D eigenvalue weighted by Crippen LogP contribution is -2.03. The van der Waals surface area contributed by atoms with Gasteiger partial charge in [0.25, 0.3) is 0 Å². The minimum atomic E-state index is -0.487. The molecule has 0 saturated carbocycles. The molecule has 0 fully saturated rings. The van der Waals surface area contributed by atoms with Crippen molar-refractivity contribution >= 4 is 17.7 Å². The van der Waals surface area contributed by atoms with Crippen LogP contribution in [-0.2, 0) is 16.9 Å². The maximum Gasteiger partial charge on any atom is 0.373 e. The van der Waals surface area contributed by atoms with E-state index in [1.54, 1.807) is 12.1 Å². The number of benzene rings is 2. The van der Waals surface area contributed by atoms with Crippen molar-refractivity contribution in [1.82, 2.24) is 14.8 Å². The van der Waals surface area contributed by atoms with E-state index in [0.29, 0.717) is 17.9 Å². The van der Waals surface area contributed by atoms with Crippen LogP contribution >= 0.6 is 11.8 Å². The Bertz CT molecular complexity index is 1090. The summed E-state index contributed by atoms with van der Waals surface area (Å²) in [5.41, 5.74) is 2.17. The van der Waals surface area contributed by atoms with Gasteiger partial charge in [0.1, 0.15) is 11.6 Å². The fraction of sp³-hybridized carbons (Fsp3) is 0.136. The van der Waals surface area contributed by atoms with E-state index in [0.717, 1.165) is 16.7 Å². The van der Waals surface area contributed by atoms with Crippen molar-refractivity contribution in [2.75, 3.05) is 7.11 Å². The summed E-state index contributed by atoms with van der Waals surface area (Å²) in [6.45, 7) is 0. The normalized spacial score (nSPS) is 10.8. The van der Waals surface area contributed by atoms with Gasteiger partial charge in [-0.05, 0) is 29.8 Å². The molecule has 4 rings (SSSR count). The molecule has 0 saturated heterocycles. The van der Waals surface area contributed by atoms with Gasteiger partial charge in [-0.1, -0.05) is 60.3 Å². The molecule has 4 aromatic rings. The number of hydrogen-bond donors (Lipinski definition) is 0. The summed E-state index contributed by atoms with van der Waals surface area (Å²) in [5.74, 6) is 1.76. The average Bonchev–Trinajstić information content (AvgIpc) is 3.40. The first-order valence-electron chi connectivity index (χ1n) is 9.08. The molecule has 0 bridgehead atoms. The maximum atomic E-state index is 11.6. The molecule has 0 unspecified atom stereocenters. The van der Waals surface area contributed by atoms with Crippen LogP contribution < -0.4 is 0 Å². The number of nitrogens with zero attached hydrogens (tertiary/aromatic N) is 3. The largest absolute Gasteiger partial charge is 0.463 e. The van der Waals surface area contributed by atoms with E-state index in [-0.39, 0.29) is 5.76 Å². The van der Waals surface area contributed by atoms with Gasteiger partial charge in [0, 0.05) is 12.1 Å². The number of rotatable bonds is 7. The summed E-state index contributed by atoms with van der Waals surface area (Å²) < 4.78 is 12.3. The van der Waals surface area contributed by atoms with Crippen molar-refractivity contribution in [1.29, 1.82) is 0 Å². The summed E-state index contributed by atoms with van der Waals surface area (Å²) >= 11 is 1.50. The van der Waals surface area contributed by atoms with E-state index in [9.17, 15) is 4.79 Å². The third-order valence-corrected chi connectivity index (χ3v) is 5.26. The Labute approximate surface area is 172 Å². The lowest BCUT2D eigenvalue weighted by atomic mass is 10.1. The van der Waals surface area contributed by atoms with Gasteiger partial charge in [0.15, 0.2) is 5.16 Å². The molecule has 2 heterocycles. The molecular formula is C22H19N3O3S. The fourth-order valence-corrected chi connectivity index (χ4v) is 3.79. The standard InChI is InChI=1S/C22H19N3O3S/c1-27-21(26)19-13-12-18(28-19)15-29-22-24-23-20(14-16-8-4-2-5-9-16)25(22)17-10-6-3-7-11-17/h2-13H,14-15H2,1H3. The number of ether oxygens (including phenoxy) is 1. The quantitative estimate of drug-likeness (QED) is 0.332. The highest BCUT2D eigenvalue weighted by molar-refractivity contribution is 7.98. The fourth-order valence-electron chi connectivity index (χ4n) is 2.92. The van der Waals surface area contributed by atoms with Crippen molar-refractivity contribution in [3.63, 3.8) is 0 Å². The number of esters is 1. The number of methoxy groups -OCH3 is 1. The second-order valence-electron chi connectivity index (χ2n) is 6.28. The van der Waals surface area contributed by atoms with Gasteiger partial charge >= 0.3 is 5.97 Å². The Morgan fingerprint density at radius 3 is 2.45 bits per heavy atom. The minimum Gasteiger partial charge on any atom is -0.463 e. The van der Waals surface area contributed by atoms with Crippen molar-refractivity contribution in [2.24, 2.45) is 0 Å². The lowest BCUT2D eigenvalue weighted by Gasteiger charge is -2.10. The van der Waals surface area contributed by atoms with Crippen LogP contribution in [-0.4, -0.2) is 27.8 Å². The smallest absolute Gasteiger partial charge is 0.373 e. The first-order valence-corrected chi connectivity index (χ1v) is 10.1. The molecule has 6 nitrogen and oxygen atoms in total.